The van der Waals surface area contributed by atoms with Crippen molar-refractivity contribution in [3.05, 3.63) is 0 Å². The first-order chi connectivity index (χ1) is 7.61. The molecule has 0 amide bonds. The van der Waals surface area contributed by atoms with Crippen molar-refractivity contribution in [1.82, 2.24) is 0 Å². The van der Waals surface area contributed by atoms with Crippen LogP contribution in [-0.4, -0.2) is 47.2 Å². The molecule has 10 heteroatoms. The second kappa shape index (κ2) is 9.02. The summed E-state index contributed by atoms with van der Waals surface area (Å²) in [5.74, 6) is 0. The SMILES string of the molecule is COC1C(C)OC(O)C(O)C1SOOO[O-].[Na+]. The van der Waals surface area contributed by atoms with Gasteiger partial charge in [0.05, 0.1) is 17.5 Å². The van der Waals surface area contributed by atoms with Gasteiger partial charge in [0.15, 0.2) is 6.29 Å². The van der Waals surface area contributed by atoms with Gasteiger partial charge >= 0.3 is 29.6 Å². The summed E-state index contributed by atoms with van der Waals surface area (Å²) in [7, 11) is 1.42. The zero-order chi connectivity index (χ0) is 12.1. The standard InChI is InChI=1S/C7H14O8S.Na/c1-3-5(11-2)6(16-15-14-13-10)4(8)7(9)12-3;/h3-10H,1-2H3;/q;+1/p-1. The second-order valence-corrected chi connectivity index (χ2v) is 4.06. The van der Waals surface area contributed by atoms with Gasteiger partial charge < -0.3 is 24.9 Å². The molecule has 5 atom stereocenters. The van der Waals surface area contributed by atoms with E-state index < -0.39 is 29.9 Å². The third-order valence-corrected chi connectivity index (χ3v) is 3.15. The number of ether oxygens (including phenoxy) is 2. The number of rotatable bonds is 5. The molecular weight excluding hydrogens is 267 g/mol. The predicted octanol–water partition coefficient (Wildman–Crippen LogP) is -4.72. The maximum atomic E-state index is 9.63. The van der Waals surface area contributed by atoms with Crippen LogP contribution in [0.25, 0.3) is 0 Å². The zero-order valence-corrected chi connectivity index (χ0v) is 12.5. The molecule has 1 saturated heterocycles. The summed E-state index contributed by atoms with van der Waals surface area (Å²) < 4.78 is 14.4. The van der Waals surface area contributed by atoms with Crippen LogP contribution in [0, 0.1) is 0 Å². The molecule has 1 aliphatic heterocycles. The van der Waals surface area contributed by atoms with E-state index in [1.165, 1.54) is 7.11 Å². The van der Waals surface area contributed by atoms with Gasteiger partial charge in [-0.15, -0.1) is 4.33 Å². The average Bonchev–Trinajstić information content (AvgIpc) is 2.25. The maximum Gasteiger partial charge on any atom is 1.00 e. The van der Waals surface area contributed by atoms with E-state index in [0.29, 0.717) is 12.0 Å². The Morgan fingerprint density at radius 3 is 2.53 bits per heavy atom. The van der Waals surface area contributed by atoms with E-state index in [1.807, 2.05) is 0 Å². The van der Waals surface area contributed by atoms with Crippen LogP contribution in [0.1, 0.15) is 6.92 Å². The van der Waals surface area contributed by atoms with E-state index in [0.717, 1.165) is 0 Å². The first-order valence-electron chi connectivity index (χ1n) is 4.44. The van der Waals surface area contributed by atoms with Crippen molar-refractivity contribution in [3.8, 4) is 0 Å². The van der Waals surface area contributed by atoms with Gasteiger partial charge in [-0.3, -0.25) is 5.04 Å². The van der Waals surface area contributed by atoms with E-state index in [9.17, 15) is 15.5 Å². The first kappa shape index (κ1) is 18.0. The van der Waals surface area contributed by atoms with Crippen LogP contribution in [0.5, 0.6) is 0 Å². The maximum absolute atomic E-state index is 9.63. The summed E-state index contributed by atoms with van der Waals surface area (Å²) in [6.45, 7) is 1.67. The number of hydrogen-bond acceptors (Lipinski definition) is 9. The van der Waals surface area contributed by atoms with Crippen molar-refractivity contribution in [2.75, 3.05) is 7.11 Å². The van der Waals surface area contributed by atoms with Crippen LogP contribution >= 0.6 is 12.0 Å². The average molecular weight is 280 g/mol. The summed E-state index contributed by atoms with van der Waals surface area (Å²) in [6.07, 6.45) is -3.56. The van der Waals surface area contributed by atoms with Gasteiger partial charge in [-0.05, 0) is 6.92 Å². The van der Waals surface area contributed by atoms with Gasteiger partial charge in [0.2, 0.25) is 0 Å². The molecule has 17 heavy (non-hydrogen) atoms. The van der Waals surface area contributed by atoms with Gasteiger partial charge in [0, 0.05) is 19.2 Å². The molecule has 1 heterocycles. The molecule has 0 aliphatic carbocycles. The molecule has 0 saturated carbocycles. The van der Waals surface area contributed by atoms with Gasteiger partial charge in [-0.2, -0.15) is 0 Å². The normalized spacial score (nSPS) is 37.6. The molecular formula is C7H13NaO8S. The molecule has 1 fully saturated rings. The molecule has 0 bridgehead atoms. The van der Waals surface area contributed by atoms with E-state index >= 15 is 0 Å². The predicted molar refractivity (Wildman–Crippen MR) is 48.0 cm³/mol. The van der Waals surface area contributed by atoms with Gasteiger partial charge in [0.25, 0.3) is 0 Å². The van der Waals surface area contributed by atoms with Crippen molar-refractivity contribution < 1.29 is 68.9 Å². The number of aliphatic hydroxyl groups is 2. The summed E-state index contributed by atoms with van der Waals surface area (Å²) in [4.78, 5) is 0. The van der Waals surface area contributed by atoms with E-state index in [1.54, 1.807) is 6.92 Å². The molecule has 8 nitrogen and oxygen atoms in total. The Balaban J connectivity index is 0.00000256. The molecule has 0 aromatic rings. The molecule has 1 rings (SSSR count). The van der Waals surface area contributed by atoms with E-state index in [2.05, 4.69) is 14.4 Å². The van der Waals surface area contributed by atoms with E-state index in [-0.39, 0.29) is 29.6 Å². The number of hydrogen-bond donors (Lipinski definition) is 2. The Morgan fingerprint density at radius 2 is 2.00 bits per heavy atom. The monoisotopic (exact) mass is 280 g/mol. The third-order valence-electron chi connectivity index (χ3n) is 2.25. The number of aliphatic hydroxyl groups excluding tert-OH is 2. The van der Waals surface area contributed by atoms with E-state index in [4.69, 9.17) is 9.47 Å². The Bertz CT molecular complexity index is 210. The summed E-state index contributed by atoms with van der Waals surface area (Å²) >= 11 is 0.608. The zero-order valence-electron chi connectivity index (χ0n) is 9.64. The molecule has 5 unspecified atom stereocenters. The largest absolute Gasteiger partial charge is 1.00 e. The van der Waals surface area contributed by atoms with Crippen LogP contribution in [-0.2, 0) is 23.9 Å². The van der Waals surface area contributed by atoms with Crippen LogP contribution < -0.4 is 34.8 Å². The van der Waals surface area contributed by atoms with Crippen molar-refractivity contribution in [1.29, 1.82) is 0 Å². The third kappa shape index (κ3) is 4.90. The van der Waals surface area contributed by atoms with Crippen molar-refractivity contribution in [2.45, 2.75) is 36.8 Å². The quantitative estimate of drug-likeness (QED) is 0.169. The van der Waals surface area contributed by atoms with Crippen LogP contribution in [0.4, 0.5) is 0 Å². The van der Waals surface area contributed by atoms with Gasteiger partial charge in [0.1, 0.15) is 6.10 Å². The number of methoxy groups -OCH3 is 1. The van der Waals surface area contributed by atoms with Gasteiger partial charge in [-0.1, -0.05) is 5.04 Å². The van der Waals surface area contributed by atoms with Crippen LogP contribution in [0.15, 0.2) is 0 Å². The molecule has 0 radical (unpaired) electrons. The van der Waals surface area contributed by atoms with Crippen LogP contribution in [0.2, 0.25) is 0 Å². The minimum Gasteiger partial charge on any atom is -0.690 e. The Labute approximate surface area is 124 Å². The molecule has 96 valence electrons. The molecule has 1 aliphatic rings. The molecule has 0 aromatic heterocycles. The Morgan fingerprint density at radius 1 is 1.35 bits per heavy atom. The molecule has 0 aromatic carbocycles. The Hall–Kier alpha value is 1.03. The minimum atomic E-state index is -1.35. The smallest absolute Gasteiger partial charge is 0.690 e. The Kier molecular flexibility index (Phi) is 9.56. The molecule has 2 N–H and O–H groups in total. The van der Waals surface area contributed by atoms with Crippen molar-refractivity contribution >= 4 is 12.0 Å². The van der Waals surface area contributed by atoms with Crippen molar-refractivity contribution in [2.24, 2.45) is 0 Å². The van der Waals surface area contributed by atoms with Gasteiger partial charge in [-0.25, -0.2) is 0 Å². The first-order valence-corrected chi connectivity index (χ1v) is 5.25. The van der Waals surface area contributed by atoms with Crippen LogP contribution in [0.3, 0.4) is 0 Å². The fourth-order valence-corrected chi connectivity index (χ4v) is 2.35. The second-order valence-electron chi connectivity index (χ2n) is 3.19. The summed E-state index contributed by atoms with van der Waals surface area (Å²) in [6, 6.07) is 0. The molecule has 0 spiro atoms. The fraction of sp³-hybridized carbons (Fsp3) is 1.00. The fourth-order valence-electron chi connectivity index (χ4n) is 1.51. The summed E-state index contributed by atoms with van der Waals surface area (Å²) in [5, 5.41) is 34.5. The topological polar surface area (TPSA) is 110 Å². The minimum absolute atomic E-state index is 0. The van der Waals surface area contributed by atoms with Crippen molar-refractivity contribution in [3.63, 3.8) is 0 Å². The summed E-state index contributed by atoms with van der Waals surface area (Å²) in [5.41, 5.74) is 0.